The zero-order valence-electron chi connectivity index (χ0n) is 18.2. The van der Waals surface area contributed by atoms with Gasteiger partial charge in [0.15, 0.2) is 0 Å². The molecule has 0 atom stereocenters. The fraction of sp³-hybridized carbons (Fsp3) is 0.560. The number of carbonyl (C=O) groups excluding carboxylic acids is 3. The van der Waals surface area contributed by atoms with Crippen LogP contribution in [-0.4, -0.2) is 35.5 Å². The van der Waals surface area contributed by atoms with Gasteiger partial charge in [-0.15, -0.1) is 5.92 Å². The largest absolute Gasteiger partial charge is 0.342 e. The van der Waals surface area contributed by atoms with Gasteiger partial charge in [0.1, 0.15) is 17.5 Å². The van der Waals surface area contributed by atoms with Crippen LogP contribution in [0.15, 0.2) is 12.1 Å². The van der Waals surface area contributed by atoms with Crippen LogP contribution in [-0.2, 0) is 14.4 Å². The fourth-order valence-corrected chi connectivity index (χ4v) is 5.07. The Hall–Kier alpha value is -2.41. The van der Waals surface area contributed by atoms with E-state index in [0.29, 0.717) is 25.9 Å². The van der Waals surface area contributed by atoms with E-state index in [1.165, 1.54) is 0 Å². The molecule has 1 aromatic rings. The molecule has 1 aliphatic heterocycles. The molecule has 0 unspecified atom stereocenters. The van der Waals surface area contributed by atoms with Gasteiger partial charge in [0, 0.05) is 37.4 Å². The van der Waals surface area contributed by atoms with Crippen molar-refractivity contribution < 1.29 is 14.4 Å². The van der Waals surface area contributed by atoms with Gasteiger partial charge in [0.25, 0.3) is 0 Å². The van der Waals surface area contributed by atoms with Crippen molar-refractivity contribution in [3.05, 3.63) is 34.4 Å². The van der Waals surface area contributed by atoms with E-state index < -0.39 is 5.92 Å². The first-order valence-corrected chi connectivity index (χ1v) is 10.6. The summed E-state index contributed by atoms with van der Waals surface area (Å²) in [6, 6.07) is 3.94. The number of carbonyl (C=O) groups is 3. The normalized spacial score (nSPS) is 19.4. The van der Waals surface area contributed by atoms with Crippen molar-refractivity contribution in [2.24, 2.45) is 11.3 Å². The highest BCUT2D eigenvalue weighted by molar-refractivity contribution is 6.10. The SMILES string of the molecule is CC#Cc1cc(C)c(C2C(=O)CC3(CCN(C(=O)C(C)C)CC3)CC2=O)c(C)c1. The van der Waals surface area contributed by atoms with Crippen molar-refractivity contribution in [1.82, 2.24) is 4.90 Å². The van der Waals surface area contributed by atoms with Crippen molar-refractivity contribution in [3.63, 3.8) is 0 Å². The van der Waals surface area contributed by atoms with E-state index in [2.05, 4.69) is 11.8 Å². The van der Waals surface area contributed by atoms with Crippen LogP contribution in [0.5, 0.6) is 0 Å². The predicted molar refractivity (Wildman–Crippen MR) is 114 cm³/mol. The topological polar surface area (TPSA) is 54.5 Å². The number of ketones is 2. The number of benzene rings is 1. The summed E-state index contributed by atoms with van der Waals surface area (Å²) in [4.78, 5) is 40.5. The summed E-state index contributed by atoms with van der Waals surface area (Å²) in [5, 5.41) is 0. The molecule has 1 spiro atoms. The first kappa shape index (κ1) is 21.3. The molecule has 2 aliphatic rings. The third kappa shape index (κ3) is 4.15. The molecule has 154 valence electrons. The molecule has 1 aliphatic carbocycles. The van der Waals surface area contributed by atoms with E-state index in [4.69, 9.17) is 0 Å². The zero-order valence-corrected chi connectivity index (χ0v) is 18.2. The minimum absolute atomic E-state index is 0.0191. The maximum absolute atomic E-state index is 13.2. The summed E-state index contributed by atoms with van der Waals surface area (Å²) in [6.07, 6.45) is 2.34. The molecule has 1 saturated carbocycles. The van der Waals surface area contributed by atoms with Crippen LogP contribution in [0.3, 0.4) is 0 Å². The highest BCUT2D eigenvalue weighted by Gasteiger charge is 2.47. The molecular weight excluding hydrogens is 362 g/mol. The predicted octanol–water partition coefficient (Wildman–Crippen LogP) is 3.96. The monoisotopic (exact) mass is 393 g/mol. The number of amides is 1. The number of rotatable bonds is 2. The molecule has 29 heavy (non-hydrogen) atoms. The van der Waals surface area contributed by atoms with E-state index in [9.17, 15) is 14.4 Å². The van der Waals surface area contributed by atoms with Gasteiger partial charge in [-0.05, 0) is 67.9 Å². The van der Waals surface area contributed by atoms with Crippen molar-refractivity contribution in [3.8, 4) is 11.8 Å². The van der Waals surface area contributed by atoms with Gasteiger partial charge in [-0.2, -0.15) is 0 Å². The molecule has 0 bridgehead atoms. The van der Waals surface area contributed by atoms with Crippen LogP contribution in [0.2, 0.25) is 0 Å². The number of aryl methyl sites for hydroxylation is 2. The van der Waals surface area contributed by atoms with Crippen LogP contribution in [0.25, 0.3) is 0 Å². The van der Waals surface area contributed by atoms with Crippen LogP contribution in [0, 0.1) is 37.0 Å². The molecule has 3 rings (SSSR count). The lowest BCUT2D eigenvalue weighted by Crippen LogP contribution is -2.49. The van der Waals surface area contributed by atoms with Crippen molar-refractivity contribution in [2.45, 2.75) is 66.2 Å². The second-order valence-electron chi connectivity index (χ2n) is 9.10. The van der Waals surface area contributed by atoms with Gasteiger partial charge >= 0.3 is 0 Å². The summed E-state index contributed by atoms with van der Waals surface area (Å²) in [7, 11) is 0. The van der Waals surface area contributed by atoms with Gasteiger partial charge in [0.2, 0.25) is 5.91 Å². The molecule has 2 fully saturated rings. The highest BCUT2D eigenvalue weighted by Crippen LogP contribution is 2.46. The Labute approximate surface area is 174 Å². The fourth-order valence-electron chi connectivity index (χ4n) is 5.07. The minimum atomic E-state index is -0.653. The van der Waals surface area contributed by atoms with Crippen LogP contribution in [0.1, 0.15) is 74.6 Å². The Morgan fingerprint density at radius 3 is 2.03 bits per heavy atom. The quantitative estimate of drug-likeness (QED) is 0.565. The molecule has 4 nitrogen and oxygen atoms in total. The van der Waals surface area contributed by atoms with Gasteiger partial charge < -0.3 is 4.90 Å². The molecule has 4 heteroatoms. The third-order valence-corrected chi connectivity index (χ3v) is 6.52. The summed E-state index contributed by atoms with van der Waals surface area (Å²) in [5.41, 5.74) is 3.43. The number of Topliss-reactive ketones (excluding diaryl/α,β-unsaturated/α-hetero) is 2. The molecule has 1 aromatic carbocycles. The molecule has 1 amide bonds. The third-order valence-electron chi connectivity index (χ3n) is 6.52. The summed E-state index contributed by atoms with van der Waals surface area (Å²) < 4.78 is 0. The maximum Gasteiger partial charge on any atom is 0.225 e. The Morgan fingerprint density at radius 2 is 1.59 bits per heavy atom. The minimum Gasteiger partial charge on any atom is -0.342 e. The summed E-state index contributed by atoms with van der Waals surface area (Å²) in [6.45, 7) is 10.8. The number of likely N-dealkylation sites (tertiary alicyclic amines) is 1. The standard InChI is InChI=1S/C25H31NO3/c1-6-7-19-12-17(4)22(18(5)13-19)23-20(27)14-25(15-21(23)28)8-10-26(11-9-25)24(29)16(2)3/h12-13,16,23H,8-11,14-15H2,1-5H3. The average molecular weight is 394 g/mol. The van der Waals surface area contributed by atoms with E-state index in [-0.39, 0.29) is 28.8 Å². The zero-order chi connectivity index (χ0) is 21.3. The number of nitrogens with zero attached hydrogens (tertiary/aromatic N) is 1. The van der Waals surface area contributed by atoms with Crippen LogP contribution >= 0.6 is 0 Å². The van der Waals surface area contributed by atoms with Crippen molar-refractivity contribution in [2.75, 3.05) is 13.1 Å². The van der Waals surface area contributed by atoms with Gasteiger partial charge in [-0.3, -0.25) is 14.4 Å². The molecule has 0 radical (unpaired) electrons. The average Bonchev–Trinajstić information content (AvgIpc) is 2.63. The molecule has 1 heterocycles. The summed E-state index contributed by atoms with van der Waals surface area (Å²) >= 11 is 0. The second-order valence-corrected chi connectivity index (χ2v) is 9.10. The Balaban J connectivity index is 1.80. The van der Waals surface area contributed by atoms with E-state index in [1.807, 2.05) is 44.7 Å². The number of hydrogen-bond acceptors (Lipinski definition) is 3. The van der Waals surface area contributed by atoms with Crippen LogP contribution in [0.4, 0.5) is 0 Å². The smallest absolute Gasteiger partial charge is 0.225 e. The van der Waals surface area contributed by atoms with Crippen molar-refractivity contribution in [1.29, 1.82) is 0 Å². The molecule has 1 saturated heterocycles. The van der Waals surface area contributed by atoms with Gasteiger partial charge in [0.05, 0.1) is 0 Å². The Kier molecular flexibility index (Phi) is 5.98. The first-order chi connectivity index (χ1) is 13.7. The lowest BCUT2D eigenvalue weighted by Gasteiger charge is -2.45. The lowest BCUT2D eigenvalue weighted by molar-refractivity contribution is -0.141. The Morgan fingerprint density at radius 1 is 1.07 bits per heavy atom. The lowest BCUT2D eigenvalue weighted by atomic mass is 9.62. The van der Waals surface area contributed by atoms with E-state index >= 15 is 0 Å². The maximum atomic E-state index is 13.2. The first-order valence-electron chi connectivity index (χ1n) is 10.6. The van der Waals surface area contributed by atoms with Gasteiger partial charge in [-0.1, -0.05) is 19.8 Å². The van der Waals surface area contributed by atoms with E-state index in [1.54, 1.807) is 6.92 Å². The van der Waals surface area contributed by atoms with Crippen molar-refractivity contribution >= 4 is 17.5 Å². The second kappa shape index (κ2) is 8.14. The van der Waals surface area contributed by atoms with Crippen LogP contribution < -0.4 is 0 Å². The Bertz CT molecular complexity index is 865. The molecule has 0 N–H and O–H groups in total. The summed E-state index contributed by atoms with van der Waals surface area (Å²) in [5.74, 6) is 5.51. The van der Waals surface area contributed by atoms with Gasteiger partial charge in [-0.25, -0.2) is 0 Å². The van der Waals surface area contributed by atoms with E-state index in [0.717, 1.165) is 35.1 Å². The molecule has 0 aromatic heterocycles. The number of piperidine rings is 1. The highest BCUT2D eigenvalue weighted by atomic mass is 16.2. The molecular formula is C25H31NO3. The number of hydrogen-bond donors (Lipinski definition) is 0.